The maximum absolute atomic E-state index is 11.5. The predicted molar refractivity (Wildman–Crippen MR) is 105 cm³/mol. The van der Waals surface area contributed by atoms with Crippen LogP contribution in [0.5, 0.6) is 0 Å². The molecule has 6 nitrogen and oxygen atoms in total. The molecule has 0 saturated carbocycles. The molecule has 0 N–H and O–H groups in total. The highest BCUT2D eigenvalue weighted by atomic mass is 32.2. The molecule has 0 saturated heterocycles. The van der Waals surface area contributed by atoms with Crippen molar-refractivity contribution in [2.45, 2.75) is 17.7 Å². The summed E-state index contributed by atoms with van der Waals surface area (Å²) in [4.78, 5) is 16.1. The van der Waals surface area contributed by atoms with Gasteiger partial charge in [-0.1, -0.05) is 42.1 Å². The third kappa shape index (κ3) is 3.58. The number of aromatic nitrogens is 3. The standard InChI is InChI=1S/C19H15N3O3S2/c1-11-20-16-17(27-11)15(12-6-4-3-5-7-12)21-22-18(16)26-10-13-8-9-14(25-13)19(23)24-2/h3-9H,10H2,1-2H3. The second kappa shape index (κ2) is 7.50. The van der Waals surface area contributed by atoms with Crippen molar-refractivity contribution in [3.8, 4) is 11.3 Å². The van der Waals surface area contributed by atoms with Crippen LogP contribution < -0.4 is 0 Å². The first kappa shape index (κ1) is 17.7. The summed E-state index contributed by atoms with van der Waals surface area (Å²) in [6.45, 7) is 1.98. The highest BCUT2D eigenvalue weighted by molar-refractivity contribution is 7.98. The zero-order valence-corrected chi connectivity index (χ0v) is 16.3. The number of nitrogens with zero attached hydrogens (tertiary/aromatic N) is 3. The molecule has 4 rings (SSSR count). The molecular weight excluding hydrogens is 382 g/mol. The minimum Gasteiger partial charge on any atom is -0.463 e. The molecule has 0 bridgehead atoms. The average Bonchev–Trinajstić information content (AvgIpc) is 3.32. The van der Waals surface area contributed by atoms with Gasteiger partial charge in [0.1, 0.15) is 22.0 Å². The Morgan fingerprint density at radius 3 is 2.78 bits per heavy atom. The number of aryl methyl sites for hydroxylation is 1. The van der Waals surface area contributed by atoms with Gasteiger partial charge in [0.15, 0.2) is 0 Å². The number of ether oxygens (including phenoxy) is 1. The molecule has 0 atom stereocenters. The van der Waals surface area contributed by atoms with Gasteiger partial charge in [0.2, 0.25) is 5.76 Å². The van der Waals surface area contributed by atoms with Gasteiger partial charge in [-0.3, -0.25) is 0 Å². The van der Waals surface area contributed by atoms with Crippen LogP contribution in [0.15, 0.2) is 51.9 Å². The molecule has 0 aliphatic heterocycles. The molecule has 3 aromatic heterocycles. The molecule has 0 amide bonds. The Bertz CT molecular complexity index is 1110. The van der Waals surface area contributed by atoms with Crippen molar-refractivity contribution in [3.63, 3.8) is 0 Å². The molecule has 1 aromatic carbocycles. The molecule has 0 aliphatic rings. The van der Waals surface area contributed by atoms with Crippen LogP contribution in [0.4, 0.5) is 0 Å². The number of carbonyl (C=O) groups is 1. The minimum atomic E-state index is -0.490. The number of methoxy groups -OCH3 is 1. The van der Waals surface area contributed by atoms with E-state index >= 15 is 0 Å². The number of thiazole rings is 1. The molecule has 4 aromatic rings. The molecule has 0 fully saturated rings. The van der Waals surface area contributed by atoms with Crippen molar-refractivity contribution in [2.75, 3.05) is 7.11 Å². The number of rotatable bonds is 5. The zero-order chi connectivity index (χ0) is 18.8. The Morgan fingerprint density at radius 1 is 1.19 bits per heavy atom. The fourth-order valence-corrected chi connectivity index (χ4v) is 4.42. The van der Waals surface area contributed by atoms with E-state index in [2.05, 4.69) is 19.9 Å². The fraction of sp³-hybridized carbons (Fsp3) is 0.158. The highest BCUT2D eigenvalue weighted by Gasteiger charge is 2.17. The van der Waals surface area contributed by atoms with Crippen LogP contribution >= 0.6 is 23.1 Å². The summed E-state index contributed by atoms with van der Waals surface area (Å²) in [6, 6.07) is 13.3. The highest BCUT2D eigenvalue weighted by Crippen LogP contribution is 2.36. The van der Waals surface area contributed by atoms with Crippen LogP contribution in [0.3, 0.4) is 0 Å². The summed E-state index contributed by atoms with van der Waals surface area (Å²) >= 11 is 3.09. The number of carbonyl (C=O) groups excluding carboxylic acids is 1. The van der Waals surface area contributed by atoms with E-state index in [1.165, 1.54) is 18.9 Å². The summed E-state index contributed by atoms with van der Waals surface area (Å²) in [5.74, 6) is 0.876. The second-order valence-electron chi connectivity index (χ2n) is 5.68. The lowest BCUT2D eigenvalue weighted by Crippen LogP contribution is -1.98. The van der Waals surface area contributed by atoms with Crippen molar-refractivity contribution >= 4 is 39.3 Å². The monoisotopic (exact) mass is 397 g/mol. The summed E-state index contributed by atoms with van der Waals surface area (Å²) < 4.78 is 11.2. The summed E-state index contributed by atoms with van der Waals surface area (Å²) in [5.41, 5.74) is 2.70. The van der Waals surface area contributed by atoms with Crippen LogP contribution in [0, 0.1) is 6.92 Å². The Morgan fingerprint density at radius 2 is 2.00 bits per heavy atom. The van der Waals surface area contributed by atoms with Crippen molar-refractivity contribution < 1.29 is 13.9 Å². The number of thioether (sulfide) groups is 1. The molecule has 27 heavy (non-hydrogen) atoms. The zero-order valence-electron chi connectivity index (χ0n) is 14.6. The number of esters is 1. The smallest absolute Gasteiger partial charge is 0.373 e. The van der Waals surface area contributed by atoms with Crippen LogP contribution in [0.25, 0.3) is 21.5 Å². The van der Waals surface area contributed by atoms with Gasteiger partial charge in [-0.15, -0.1) is 21.5 Å². The first-order valence-electron chi connectivity index (χ1n) is 8.15. The molecule has 136 valence electrons. The third-order valence-corrected chi connectivity index (χ3v) is 5.79. The molecule has 0 unspecified atom stereocenters. The Kier molecular flexibility index (Phi) is 4.91. The fourth-order valence-electron chi connectivity index (χ4n) is 2.61. The molecular formula is C19H15N3O3S2. The van der Waals surface area contributed by atoms with Crippen molar-refractivity contribution in [1.29, 1.82) is 0 Å². The van der Waals surface area contributed by atoms with Crippen molar-refractivity contribution in [2.24, 2.45) is 0 Å². The summed E-state index contributed by atoms with van der Waals surface area (Å²) in [6.07, 6.45) is 0. The van der Waals surface area contributed by atoms with Crippen LogP contribution in [-0.4, -0.2) is 28.3 Å². The van der Waals surface area contributed by atoms with Crippen LogP contribution in [0.1, 0.15) is 21.3 Å². The Balaban J connectivity index is 1.63. The lowest BCUT2D eigenvalue weighted by Gasteiger charge is -2.04. The van der Waals surface area contributed by atoms with E-state index in [9.17, 15) is 4.79 Å². The molecule has 0 spiro atoms. The average molecular weight is 397 g/mol. The van der Waals surface area contributed by atoms with Gasteiger partial charge in [0.25, 0.3) is 0 Å². The lowest BCUT2D eigenvalue weighted by atomic mass is 10.1. The Hall–Kier alpha value is -2.71. The largest absolute Gasteiger partial charge is 0.463 e. The topological polar surface area (TPSA) is 78.1 Å². The van der Waals surface area contributed by atoms with E-state index < -0.39 is 5.97 Å². The predicted octanol–water partition coefficient (Wildman–Crippen LogP) is 4.73. The van der Waals surface area contributed by atoms with E-state index in [0.29, 0.717) is 11.5 Å². The molecule has 3 heterocycles. The van der Waals surface area contributed by atoms with Gasteiger partial charge in [0.05, 0.1) is 22.6 Å². The van der Waals surface area contributed by atoms with Gasteiger partial charge < -0.3 is 9.15 Å². The first-order chi connectivity index (χ1) is 13.2. The molecule has 0 radical (unpaired) electrons. The normalized spacial score (nSPS) is 11.0. The van der Waals surface area contributed by atoms with E-state index in [-0.39, 0.29) is 5.76 Å². The third-order valence-electron chi connectivity index (χ3n) is 3.84. The van der Waals surface area contributed by atoms with Gasteiger partial charge in [-0.25, -0.2) is 9.78 Å². The summed E-state index contributed by atoms with van der Waals surface area (Å²) in [5, 5.41) is 10.5. The van der Waals surface area contributed by atoms with E-state index in [4.69, 9.17) is 4.42 Å². The lowest BCUT2D eigenvalue weighted by molar-refractivity contribution is 0.0563. The van der Waals surface area contributed by atoms with Gasteiger partial charge >= 0.3 is 5.97 Å². The van der Waals surface area contributed by atoms with Crippen LogP contribution in [-0.2, 0) is 10.5 Å². The Labute approximate surface area is 163 Å². The number of hydrogen-bond acceptors (Lipinski definition) is 8. The SMILES string of the molecule is COC(=O)c1ccc(CSc2nnc(-c3ccccc3)c3sc(C)nc23)o1. The molecule has 8 heteroatoms. The van der Waals surface area contributed by atoms with Crippen LogP contribution in [0.2, 0.25) is 0 Å². The molecule has 0 aliphatic carbocycles. The van der Waals surface area contributed by atoms with E-state index in [1.807, 2.05) is 37.3 Å². The van der Waals surface area contributed by atoms with E-state index in [0.717, 1.165) is 31.5 Å². The van der Waals surface area contributed by atoms with E-state index in [1.54, 1.807) is 23.5 Å². The number of hydrogen-bond donors (Lipinski definition) is 0. The van der Waals surface area contributed by atoms with Gasteiger partial charge in [-0.05, 0) is 19.1 Å². The quantitative estimate of drug-likeness (QED) is 0.356. The van der Waals surface area contributed by atoms with Crippen molar-refractivity contribution in [3.05, 3.63) is 59.0 Å². The number of fused-ring (bicyclic) bond motifs is 1. The van der Waals surface area contributed by atoms with Gasteiger partial charge in [0, 0.05) is 5.56 Å². The summed E-state index contributed by atoms with van der Waals surface area (Å²) in [7, 11) is 1.32. The number of benzene rings is 1. The first-order valence-corrected chi connectivity index (χ1v) is 9.95. The maximum atomic E-state index is 11.5. The maximum Gasteiger partial charge on any atom is 0.373 e. The van der Waals surface area contributed by atoms with Gasteiger partial charge in [-0.2, -0.15) is 0 Å². The second-order valence-corrected chi connectivity index (χ2v) is 7.84. The minimum absolute atomic E-state index is 0.188. The van der Waals surface area contributed by atoms with Crippen molar-refractivity contribution in [1.82, 2.24) is 15.2 Å². The number of furan rings is 1.